The van der Waals surface area contributed by atoms with E-state index in [2.05, 4.69) is 6.92 Å². The summed E-state index contributed by atoms with van der Waals surface area (Å²) in [6.45, 7) is 2.18. The molecule has 0 spiro atoms. The van der Waals surface area contributed by atoms with Gasteiger partial charge in [-0.2, -0.15) is 0 Å². The van der Waals surface area contributed by atoms with Crippen LogP contribution in [0, 0.1) is 5.92 Å². The molecule has 0 aromatic heterocycles. The summed E-state index contributed by atoms with van der Waals surface area (Å²) >= 11 is 0. The van der Waals surface area contributed by atoms with Gasteiger partial charge in [-0.1, -0.05) is 55.5 Å². The quantitative estimate of drug-likeness (QED) is 0.426. The molecule has 0 aliphatic heterocycles. The lowest BCUT2D eigenvalue weighted by Crippen LogP contribution is -2.15. The molecule has 0 heterocycles. The second-order valence-electron chi connectivity index (χ2n) is 7.36. The van der Waals surface area contributed by atoms with Crippen LogP contribution in [0.25, 0.3) is 10.8 Å². The third kappa shape index (κ3) is 4.21. The molecule has 4 nitrogen and oxygen atoms in total. The number of fused-ring (bicyclic) bond motifs is 1. The Morgan fingerprint density at radius 3 is 2.10 bits per heavy atom. The van der Waals surface area contributed by atoms with Crippen LogP contribution in [0.5, 0.6) is 11.5 Å². The highest BCUT2D eigenvalue weighted by Gasteiger charge is 2.20. The molecule has 0 radical (unpaired) electrons. The van der Waals surface area contributed by atoms with Crippen molar-refractivity contribution < 1.29 is 19.1 Å². The minimum Gasteiger partial charge on any atom is -0.422 e. The maximum Gasteiger partial charge on any atom is 0.343 e. The number of rotatable bonds is 4. The average Bonchev–Trinajstić information content (AvgIpc) is 2.75. The zero-order valence-corrected chi connectivity index (χ0v) is 16.3. The van der Waals surface area contributed by atoms with Gasteiger partial charge < -0.3 is 9.47 Å². The van der Waals surface area contributed by atoms with Gasteiger partial charge in [-0.15, -0.1) is 0 Å². The number of ether oxygens (including phenoxy) is 2. The molecule has 1 aliphatic carbocycles. The summed E-state index contributed by atoms with van der Waals surface area (Å²) in [5, 5.41) is 1.44. The lowest BCUT2D eigenvalue weighted by molar-refractivity contribution is -0.130. The van der Waals surface area contributed by atoms with Crippen LogP contribution >= 0.6 is 0 Å². The van der Waals surface area contributed by atoms with Gasteiger partial charge in [0.15, 0.2) is 0 Å². The fourth-order valence-electron chi connectivity index (χ4n) is 3.49. The van der Waals surface area contributed by atoms with Gasteiger partial charge >= 0.3 is 11.9 Å². The van der Waals surface area contributed by atoms with Crippen molar-refractivity contribution in [3.63, 3.8) is 0 Å². The van der Waals surface area contributed by atoms with Crippen molar-refractivity contribution >= 4 is 22.7 Å². The Morgan fingerprint density at radius 2 is 1.48 bits per heavy atom. The Balaban J connectivity index is 1.65. The molecule has 0 N–H and O–H groups in total. The van der Waals surface area contributed by atoms with E-state index in [1.54, 1.807) is 36.4 Å². The normalized spacial score (nSPS) is 16.2. The second kappa shape index (κ2) is 8.31. The minimum absolute atomic E-state index is 0.339. The number of hydrogen-bond acceptors (Lipinski definition) is 4. The van der Waals surface area contributed by atoms with Crippen molar-refractivity contribution in [2.75, 3.05) is 0 Å². The predicted octanol–water partition coefficient (Wildman–Crippen LogP) is 5.71. The summed E-state index contributed by atoms with van der Waals surface area (Å²) in [6.07, 6.45) is 4.56. The zero-order valence-electron chi connectivity index (χ0n) is 16.3. The predicted molar refractivity (Wildman–Crippen MR) is 112 cm³/mol. The first kappa shape index (κ1) is 18.9. The highest BCUT2D eigenvalue weighted by Crippen LogP contribution is 2.35. The van der Waals surface area contributed by atoms with Crippen molar-refractivity contribution in [2.45, 2.75) is 26.2 Å². The van der Waals surface area contributed by atoms with Crippen LogP contribution in [0.4, 0.5) is 0 Å². The second-order valence-corrected chi connectivity index (χ2v) is 7.36. The molecule has 0 bridgehead atoms. The molecule has 1 atom stereocenters. The van der Waals surface area contributed by atoms with Crippen molar-refractivity contribution in [1.82, 2.24) is 0 Å². The summed E-state index contributed by atoms with van der Waals surface area (Å²) < 4.78 is 11.4. The molecule has 4 rings (SSSR count). The number of carbonyl (C=O) groups excluding carboxylic acids is 2. The summed E-state index contributed by atoms with van der Waals surface area (Å²) in [4.78, 5) is 25.2. The first-order valence-corrected chi connectivity index (χ1v) is 9.82. The smallest absolute Gasteiger partial charge is 0.343 e. The molecule has 3 aromatic rings. The largest absolute Gasteiger partial charge is 0.422 e. The number of carbonyl (C=O) groups is 2. The SMILES string of the molecule is CC1CC=C(C(=O)Oc2cccc3cccc(OC(=O)c4ccccc4)c23)CC1. The number of allylic oxidation sites excluding steroid dienone is 1. The van der Waals surface area contributed by atoms with Crippen LogP contribution in [0.2, 0.25) is 0 Å². The fourth-order valence-corrected chi connectivity index (χ4v) is 3.49. The highest BCUT2D eigenvalue weighted by atomic mass is 16.5. The molecule has 0 amide bonds. The molecular formula is C25H22O4. The van der Waals surface area contributed by atoms with Crippen molar-refractivity contribution in [3.05, 3.63) is 83.9 Å². The molecular weight excluding hydrogens is 364 g/mol. The summed E-state index contributed by atoms with van der Waals surface area (Å²) in [7, 11) is 0. The number of hydrogen-bond donors (Lipinski definition) is 0. The standard InChI is InChI=1S/C25H22O4/c1-17-13-15-20(16-14-17)25(27)29-22-12-6-10-18-9-5-11-21(23(18)22)28-24(26)19-7-3-2-4-8-19/h2-12,15,17H,13-14,16H2,1H3. The van der Waals surface area contributed by atoms with Crippen LogP contribution < -0.4 is 9.47 Å². The Labute approximate surface area is 169 Å². The van der Waals surface area contributed by atoms with Crippen molar-refractivity contribution in [1.29, 1.82) is 0 Å². The van der Waals surface area contributed by atoms with Gasteiger partial charge in [-0.3, -0.25) is 0 Å². The van der Waals surface area contributed by atoms with E-state index in [-0.39, 0.29) is 5.97 Å². The average molecular weight is 386 g/mol. The van der Waals surface area contributed by atoms with Gasteiger partial charge in [0.05, 0.1) is 10.9 Å². The topological polar surface area (TPSA) is 52.6 Å². The van der Waals surface area contributed by atoms with E-state index in [1.165, 1.54) is 0 Å². The van der Waals surface area contributed by atoms with E-state index in [1.807, 2.05) is 36.4 Å². The Morgan fingerprint density at radius 1 is 0.828 bits per heavy atom. The monoisotopic (exact) mass is 386 g/mol. The van der Waals surface area contributed by atoms with Gasteiger partial charge in [-0.25, -0.2) is 9.59 Å². The van der Waals surface area contributed by atoms with Gasteiger partial charge in [0.2, 0.25) is 0 Å². The van der Waals surface area contributed by atoms with Crippen LogP contribution in [0.1, 0.15) is 36.5 Å². The first-order chi connectivity index (χ1) is 14.1. The maximum absolute atomic E-state index is 12.7. The Hall–Kier alpha value is -3.40. The number of benzene rings is 3. The van der Waals surface area contributed by atoms with E-state index in [9.17, 15) is 9.59 Å². The van der Waals surface area contributed by atoms with Crippen LogP contribution in [-0.2, 0) is 4.79 Å². The highest BCUT2D eigenvalue weighted by molar-refractivity contribution is 6.00. The molecule has 1 aliphatic rings. The van der Waals surface area contributed by atoms with Gasteiger partial charge in [0, 0.05) is 5.57 Å². The molecule has 3 aromatic carbocycles. The molecule has 146 valence electrons. The summed E-state index contributed by atoms with van der Waals surface area (Å²) in [5.74, 6) is 0.555. The Bertz CT molecular complexity index is 1080. The van der Waals surface area contributed by atoms with E-state index < -0.39 is 5.97 Å². The lowest BCUT2D eigenvalue weighted by Gasteiger charge is -2.18. The van der Waals surface area contributed by atoms with Crippen molar-refractivity contribution in [3.8, 4) is 11.5 Å². The molecule has 0 fully saturated rings. The molecule has 0 saturated carbocycles. The molecule has 4 heteroatoms. The molecule has 0 saturated heterocycles. The molecule has 29 heavy (non-hydrogen) atoms. The third-order valence-electron chi connectivity index (χ3n) is 5.18. The van der Waals surface area contributed by atoms with E-state index in [0.717, 1.165) is 24.6 Å². The molecule has 1 unspecified atom stereocenters. The van der Waals surface area contributed by atoms with Crippen LogP contribution in [-0.4, -0.2) is 11.9 Å². The van der Waals surface area contributed by atoms with Crippen molar-refractivity contribution in [2.24, 2.45) is 5.92 Å². The third-order valence-corrected chi connectivity index (χ3v) is 5.18. The van der Waals surface area contributed by atoms with Crippen LogP contribution in [0.3, 0.4) is 0 Å². The Kier molecular flexibility index (Phi) is 5.43. The van der Waals surface area contributed by atoms with E-state index >= 15 is 0 Å². The van der Waals surface area contributed by atoms with Gasteiger partial charge in [-0.05, 0) is 54.8 Å². The van der Waals surface area contributed by atoms with Gasteiger partial charge in [0.25, 0.3) is 0 Å². The van der Waals surface area contributed by atoms with E-state index in [0.29, 0.717) is 33.9 Å². The summed E-state index contributed by atoms with van der Waals surface area (Å²) in [5.41, 5.74) is 1.17. The minimum atomic E-state index is -0.455. The zero-order chi connectivity index (χ0) is 20.2. The number of esters is 2. The fraction of sp³-hybridized carbons (Fsp3) is 0.200. The van der Waals surface area contributed by atoms with E-state index in [4.69, 9.17) is 9.47 Å². The summed E-state index contributed by atoms with van der Waals surface area (Å²) in [6, 6.07) is 19.7. The van der Waals surface area contributed by atoms with Gasteiger partial charge in [0.1, 0.15) is 11.5 Å². The first-order valence-electron chi connectivity index (χ1n) is 9.82. The van der Waals surface area contributed by atoms with Crippen LogP contribution in [0.15, 0.2) is 78.4 Å². The maximum atomic E-state index is 12.7. The lowest BCUT2D eigenvalue weighted by atomic mass is 9.91.